The van der Waals surface area contributed by atoms with Crippen LogP contribution >= 0.6 is 0 Å². The highest BCUT2D eigenvalue weighted by Gasteiger charge is 2.40. The molecule has 1 N–H and O–H groups in total. The maximum Gasteiger partial charge on any atom is 0.255 e. The lowest BCUT2D eigenvalue weighted by Crippen LogP contribution is -2.52. The van der Waals surface area contributed by atoms with E-state index in [0.29, 0.717) is 13.2 Å². The standard InChI is InChI=1S/C25H27N3O5/c29-23-9-8-21(24(30)26-23)28-15-20-19(25(28)31)2-1-3-22(20)33-16-18-6-4-17(5-7-18)14-27-10-12-32-13-11-27/h1-7,21H,8-16H2,(H,26,29,30)/t21-/m0/s1/i1D,2D,3D,8D2,9D2. The van der Waals surface area contributed by atoms with E-state index in [1.165, 1.54) is 0 Å². The molecule has 33 heavy (non-hydrogen) atoms. The van der Waals surface area contributed by atoms with Crippen molar-refractivity contribution in [1.29, 1.82) is 0 Å². The van der Waals surface area contributed by atoms with Gasteiger partial charge in [0.1, 0.15) is 18.4 Å². The second kappa shape index (κ2) is 9.33. The van der Waals surface area contributed by atoms with E-state index < -0.39 is 61.2 Å². The predicted molar refractivity (Wildman–Crippen MR) is 119 cm³/mol. The van der Waals surface area contributed by atoms with Crippen LogP contribution in [0.25, 0.3) is 0 Å². The Balaban J connectivity index is 1.39. The van der Waals surface area contributed by atoms with Crippen molar-refractivity contribution in [3.8, 4) is 5.75 Å². The zero-order valence-electron chi connectivity index (χ0n) is 24.8. The van der Waals surface area contributed by atoms with Crippen LogP contribution in [0.1, 0.15) is 49.4 Å². The Morgan fingerprint density at radius 2 is 1.88 bits per heavy atom. The number of piperidine rings is 1. The fourth-order valence-corrected chi connectivity index (χ4v) is 4.01. The molecule has 172 valence electrons. The molecule has 5 rings (SSSR count). The molecule has 0 saturated carbocycles. The Bertz CT molecular complexity index is 1380. The summed E-state index contributed by atoms with van der Waals surface area (Å²) in [6, 6.07) is 3.99. The van der Waals surface area contributed by atoms with Crippen molar-refractivity contribution in [2.24, 2.45) is 0 Å². The molecule has 8 heteroatoms. The minimum Gasteiger partial charge on any atom is -0.489 e. The van der Waals surface area contributed by atoms with Gasteiger partial charge in [-0.05, 0) is 29.6 Å². The van der Waals surface area contributed by atoms with E-state index in [1.807, 2.05) is 24.3 Å². The van der Waals surface area contributed by atoms with E-state index in [9.17, 15) is 14.4 Å². The molecule has 0 radical (unpaired) electrons. The normalized spacial score (nSPS) is 27.3. The monoisotopic (exact) mass is 456 g/mol. The Hall–Kier alpha value is -3.23. The average Bonchev–Trinajstić information content (AvgIpc) is 3.24. The summed E-state index contributed by atoms with van der Waals surface area (Å²) in [5, 5.41) is 1.78. The number of rotatable bonds is 6. The SMILES string of the molecule is [2H]c1c([2H])c(OCc2ccc(CN3CCOCC3)cc2)c2c(c1[2H])C(=O)N([C@@H]1C(=O)NC(=O)C([2H])([2H])C1([2H])[2H])C2. The fraction of sp³-hybridized carbons (Fsp3) is 0.400. The van der Waals surface area contributed by atoms with E-state index in [4.69, 9.17) is 19.1 Å². The summed E-state index contributed by atoms with van der Waals surface area (Å²) in [5.74, 6) is -3.79. The lowest BCUT2D eigenvalue weighted by atomic mass is 10.0. The second-order valence-electron chi connectivity index (χ2n) is 7.97. The van der Waals surface area contributed by atoms with Gasteiger partial charge in [-0.25, -0.2) is 0 Å². The molecule has 8 nitrogen and oxygen atoms in total. The van der Waals surface area contributed by atoms with Gasteiger partial charge in [0.15, 0.2) is 0 Å². The number of nitrogens with one attached hydrogen (secondary N) is 1. The first-order chi connectivity index (χ1) is 18.8. The molecular weight excluding hydrogens is 422 g/mol. The number of hydrogen-bond acceptors (Lipinski definition) is 6. The highest BCUT2D eigenvalue weighted by atomic mass is 16.5. The number of ether oxygens (including phenoxy) is 2. The molecule has 1 atom stereocenters. The molecule has 0 aliphatic carbocycles. The third kappa shape index (κ3) is 4.62. The Morgan fingerprint density at radius 1 is 1.12 bits per heavy atom. The first kappa shape index (κ1) is 14.8. The van der Waals surface area contributed by atoms with Gasteiger partial charge < -0.3 is 14.4 Å². The highest BCUT2D eigenvalue weighted by Crippen LogP contribution is 2.34. The van der Waals surface area contributed by atoms with Gasteiger partial charge in [0.2, 0.25) is 11.8 Å². The van der Waals surface area contributed by atoms with Gasteiger partial charge >= 0.3 is 0 Å². The van der Waals surface area contributed by atoms with Crippen LogP contribution in [-0.2, 0) is 34.0 Å². The molecule has 3 heterocycles. The first-order valence-corrected chi connectivity index (χ1v) is 10.6. The van der Waals surface area contributed by atoms with E-state index in [2.05, 4.69) is 4.90 Å². The van der Waals surface area contributed by atoms with Gasteiger partial charge in [0.25, 0.3) is 5.91 Å². The lowest BCUT2D eigenvalue weighted by molar-refractivity contribution is -0.136. The maximum atomic E-state index is 13.4. The van der Waals surface area contributed by atoms with Gasteiger partial charge in [-0.3, -0.25) is 24.6 Å². The van der Waals surface area contributed by atoms with Crippen LogP contribution in [0, 0.1) is 0 Å². The zero-order valence-corrected chi connectivity index (χ0v) is 17.8. The van der Waals surface area contributed by atoms with Gasteiger partial charge in [-0.2, -0.15) is 0 Å². The van der Waals surface area contributed by atoms with E-state index >= 15 is 0 Å². The fourth-order valence-electron chi connectivity index (χ4n) is 4.01. The van der Waals surface area contributed by atoms with Crippen molar-refractivity contribution in [3.63, 3.8) is 0 Å². The van der Waals surface area contributed by atoms with E-state index in [0.717, 1.165) is 35.7 Å². The number of carbonyl (C=O) groups is 3. The number of nitrogens with zero attached hydrogens (tertiary/aromatic N) is 2. The molecule has 3 aliphatic rings. The van der Waals surface area contributed by atoms with Crippen molar-refractivity contribution >= 4 is 17.7 Å². The van der Waals surface area contributed by atoms with Crippen molar-refractivity contribution in [3.05, 3.63) is 64.6 Å². The van der Waals surface area contributed by atoms with Gasteiger partial charge in [-0.15, -0.1) is 0 Å². The smallest absolute Gasteiger partial charge is 0.255 e. The molecule has 2 aromatic carbocycles. The largest absolute Gasteiger partial charge is 0.489 e. The van der Waals surface area contributed by atoms with Crippen molar-refractivity contribution in [2.45, 2.75) is 38.5 Å². The summed E-state index contributed by atoms with van der Waals surface area (Å²) in [7, 11) is 0. The summed E-state index contributed by atoms with van der Waals surface area (Å²) in [6.45, 7) is 3.37. The minimum absolute atomic E-state index is 0.0249. The number of hydrogen-bond donors (Lipinski definition) is 1. The van der Waals surface area contributed by atoms with Gasteiger partial charge in [-0.1, -0.05) is 30.3 Å². The number of imide groups is 1. The Morgan fingerprint density at radius 3 is 2.67 bits per heavy atom. The van der Waals surface area contributed by atoms with Crippen LogP contribution in [0.5, 0.6) is 5.75 Å². The van der Waals surface area contributed by atoms with Crippen molar-refractivity contribution in [2.75, 3.05) is 26.3 Å². The molecule has 0 spiro atoms. The van der Waals surface area contributed by atoms with Gasteiger partial charge in [0, 0.05) is 42.6 Å². The Labute approximate surface area is 202 Å². The summed E-state index contributed by atoms with van der Waals surface area (Å²) in [4.78, 5) is 41.0. The number of fused-ring (bicyclic) bond motifs is 1. The van der Waals surface area contributed by atoms with Crippen LogP contribution in [-0.4, -0.2) is 59.9 Å². The molecule has 2 saturated heterocycles. The van der Waals surface area contributed by atoms with Gasteiger partial charge in [0.05, 0.1) is 23.9 Å². The number of benzene rings is 2. The number of carbonyl (C=O) groups excluding carboxylic acids is 3. The minimum atomic E-state index is -3.13. The van der Waals surface area contributed by atoms with Crippen LogP contribution in [0.15, 0.2) is 42.4 Å². The number of amides is 3. The number of morpholine rings is 1. The Kier molecular flexibility index (Phi) is 4.19. The highest BCUT2D eigenvalue weighted by molar-refractivity contribution is 6.05. The van der Waals surface area contributed by atoms with Crippen LogP contribution in [0.3, 0.4) is 0 Å². The molecular formula is C25H27N3O5. The van der Waals surface area contributed by atoms with Crippen LogP contribution in [0.2, 0.25) is 0 Å². The third-order valence-electron chi connectivity index (χ3n) is 5.78. The van der Waals surface area contributed by atoms with Crippen LogP contribution < -0.4 is 10.1 Å². The second-order valence-corrected chi connectivity index (χ2v) is 7.97. The topological polar surface area (TPSA) is 88.2 Å². The summed E-state index contributed by atoms with van der Waals surface area (Å²) >= 11 is 0. The molecule has 0 aromatic heterocycles. The summed E-state index contributed by atoms with van der Waals surface area (Å²) in [5.41, 5.74) is 1.55. The maximum absolute atomic E-state index is 13.4. The predicted octanol–water partition coefficient (Wildman–Crippen LogP) is 1.86. The molecule has 0 bridgehead atoms. The summed E-state index contributed by atoms with van der Waals surface area (Å²) in [6.07, 6.45) is -6.22. The molecule has 2 fully saturated rings. The van der Waals surface area contributed by atoms with Crippen molar-refractivity contribution < 1.29 is 33.5 Å². The van der Waals surface area contributed by atoms with E-state index in [1.54, 1.807) is 5.32 Å². The lowest BCUT2D eigenvalue weighted by Gasteiger charge is -2.29. The van der Waals surface area contributed by atoms with E-state index in [-0.39, 0.29) is 23.5 Å². The quantitative estimate of drug-likeness (QED) is 0.668. The molecule has 0 unspecified atom stereocenters. The molecule has 2 aromatic rings. The average molecular weight is 457 g/mol. The van der Waals surface area contributed by atoms with Crippen molar-refractivity contribution in [1.82, 2.24) is 15.1 Å². The first-order valence-electron chi connectivity index (χ1n) is 14.1. The molecule has 3 aliphatic heterocycles. The summed E-state index contributed by atoms with van der Waals surface area (Å²) < 4.78 is 68.5. The third-order valence-corrected chi connectivity index (χ3v) is 5.78. The van der Waals surface area contributed by atoms with Crippen LogP contribution in [0.4, 0.5) is 0 Å². The zero-order chi connectivity index (χ0) is 29.0. The molecule has 3 amide bonds.